The highest BCUT2D eigenvalue weighted by Crippen LogP contribution is 2.23. The summed E-state index contributed by atoms with van der Waals surface area (Å²) in [5, 5.41) is 10.1. The van der Waals surface area contributed by atoms with Crippen LogP contribution in [0, 0.1) is 5.92 Å². The quantitative estimate of drug-likeness (QED) is 0.889. The molecular weight excluding hydrogens is 258 g/mol. The fourth-order valence-corrected chi connectivity index (χ4v) is 2.88. The molecule has 1 saturated heterocycles. The van der Waals surface area contributed by atoms with Gasteiger partial charge in [0, 0.05) is 11.6 Å². The van der Waals surface area contributed by atoms with Crippen LogP contribution in [0.3, 0.4) is 0 Å². The Morgan fingerprint density at radius 3 is 2.47 bits per heavy atom. The Morgan fingerprint density at radius 1 is 1.26 bits per heavy atom. The zero-order chi connectivity index (χ0) is 13.7. The molecule has 1 unspecified atom stereocenters. The molecule has 1 aliphatic rings. The van der Waals surface area contributed by atoms with Gasteiger partial charge in [0.15, 0.2) is 0 Å². The summed E-state index contributed by atoms with van der Waals surface area (Å²) in [6.07, 6.45) is 4.50. The van der Waals surface area contributed by atoms with Crippen molar-refractivity contribution in [1.82, 2.24) is 4.90 Å². The number of likely N-dealkylation sites (tertiary alicyclic amines) is 1. The van der Waals surface area contributed by atoms with Gasteiger partial charge in [-0.2, -0.15) is 0 Å². The van der Waals surface area contributed by atoms with Crippen LogP contribution in [0.2, 0.25) is 5.02 Å². The second kappa shape index (κ2) is 7.28. The predicted molar refractivity (Wildman–Crippen MR) is 80.4 cm³/mol. The summed E-state index contributed by atoms with van der Waals surface area (Å²) in [4.78, 5) is 2.52. The van der Waals surface area contributed by atoms with Crippen molar-refractivity contribution >= 4 is 11.6 Å². The van der Waals surface area contributed by atoms with Crippen molar-refractivity contribution in [1.29, 1.82) is 0 Å². The minimum absolute atomic E-state index is 0.146. The van der Waals surface area contributed by atoms with Crippen LogP contribution in [0.4, 0.5) is 0 Å². The molecule has 106 valence electrons. The van der Waals surface area contributed by atoms with Crippen LogP contribution in [0.15, 0.2) is 24.3 Å². The van der Waals surface area contributed by atoms with Gasteiger partial charge in [-0.15, -0.1) is 0 Å². The molecule has 1 N–H and O–H groups in total. The highest BCUT2D eigenvalue weighted by Gasteiger charge is 2.19. The fraction of sp³-hybridized carbons (Fsp3) is 0.625. The van der Waals surface area contributed by atoms with Crippen LogP contribution in [0.5, 0.6) is 0 Å². The monoisotopic (exact) mass is 281 g/mol. The zero-order valence-electron chi connectivity index (χ0n) is 11.7. The Kier molecular flexibility index (Phi) is 5.68. The average molecular weight is 282 g/mol. The molecular formula is C16H24ClNO. The van der Waals surface area contributed by atoms with Gasteiger partial charge in [-0.1, -0.05) is 23.7 Å². The standard InChI is InChI=1S/C16H24ClNO/c1-13(19)2-3-14-8-10-18(11-9-14)12-15-4-6-16(17)7-5-15/h4-7,13-14,19H,2-3,8-12H2,1H3. The van der Waals surface area contributed by atoms with E-state index < -0.39 is 0 Å². The highest BCUT2D eigenvalue weighted by molar-refractivity contribution is 6.30. The molecule has 1 aromatic rings. The van der Waals surface area contributed by atoms with Gasteiger partial charge < -0.3 is 5.11 Å². The second-order valence-corrected chi connectivity index (χ2v) is 6.21. The molecule has 1 atom stereocenters. The number of nitrogens with zero attached hydrogens (tertiary/aromatic N) is 1. The topological polar surface area (TPSA) is 23.5 Å². The van der Waals surface area contributed by atoms with Crippen LogP contribution in [-0.4, -0.2) is 29.2 Å². The van der Waals surface area contributed by atoms with Crippen molar-refractivity contribution in [2.45, 2.75) is 45.3 Å². The fourth-order valence-electron chi connectivity index (χ4n) is 2.76. The van der Waals surface area contributed by atoms with Gasteiger partial charge in [-0.05, 0) is 69.3 Å². The maximum atomic E-state index is 9.33. The van der Waals surface area contributed by atoms with Gasteiger partial charge in [0.25, 0.3) is 0 Å². The number of aliphatic hydroxyl groups is 1. The number of rotatable bonds is 5. The van der Waals surface area contributed by atoms with Crippen molar-refractivity contribution < 1.29 is 5.11 Å². The Labute approximate surface area is 121 Å². The third-order valence-corrected chi connectivity index (χ3v) is 4.27. The summed E-state index contributed by atoms with van der Waals surface area (Å²) < 4.78 is 0. The first-order chi connectivity index (χ1) is 9.13. The molecule has 0 saturated carbocycles. The van der Waals surface area contributed by atoms with Crippen LogP contribution >= 0.6 is 11.6 Å². The summed E-state index contributed by atoms with van der Waals surface area (Å²) >= 11 is 5.90. The van der Waals surface area contributed by atoms with Gasteiger partial charge >= 0.3 is 0 Å². The minimum atomic E-state index is -0.146. The maximum absolute atomic E-state index is 9.33. The molecule has 0 radical (unpaired) electrons. The Morgan fingerprint density at radius 2 is 1.89 bits per heavy atom. The number of piperidine rings is 1. The van der Waals surface area contributed by atoms with Crippen LogP contribution in [0.1, 0.15) is 38.2 Å². The lowest BCUT2D eigenvalue weighted by atomic mass is 9.91. The third-order valence-electron chi connectivity index (χ3n) is 4.02. The molecule has 1 heterocycles. The largest absolute Gasteiger partial charge is 0.393 e. The molecule has 1 fully saturated rings. The SMILES string of the molecule is CC(O)CCC1CCN(Cc2ccc(Cl)cc2)CC1. The first kappa shape index (κ1) is 14.8. The predicted octanol–water partition coefficient (Wildman–Crippen LogP) is 3.71. The molecule has 0 spiro atoms. The van der Waals surface area contributed by atoms with E-state index in [0.29, 0.717) is 0 Å². The van der Waals surface area contributed by atoms with Crippen molar-refractivity contribution in [3.8, 4) is 0 Å². The number of aliphatic hydroxyl groups excluding tert-OH is 1. The molecule has 2 rings (SSSR count). The van der Waals surface area contributed by atoms with E-state index in [1.165, 1.54) is 37.9 Å². The molecule has 2 nitrogen and oxygen atoms in total. The summed E-state index contributed by atoms with van der Waals surface area (Å²) in [5.74, 6) is 0.802. The van der Waals surface area contributed by atoms with Crippen LogP contribution in [-0.2, 0) is 6.54 Å². The van der Waals surface area contributed by atoms with E-state index >= 15 is 0 Å². The lowest BCUT2D eigenvalue weighted by molar-refractivity contribution is 0.141. The van der Waals surface area contributed by atoms with E-state index in [9.17, 15) is 5.11 Å². The normalized spacial score (nSPS) is 19.5. The number of benzene rings is 1. The Bertz CT molecular complexity index is 369. The van der Waals surface area contributed by atoms with E-state index in [1.54, 1.807) is 0 Å². The zero-order valence-corrected chi connectivity index (χ0v) is 12.4. The Hall–Kier alpha value is -0.570. The van der Waals surface area contributed by atoms with E-state index in [1.807, 2.05) is 19.1 Å². The first-order valence-corrected chi connectivity index (χ1v) is 7.66. The van der Waals surface area contributed by atoms with E-state index in [0.717, 1.165) is 23.9 Å². The molecule has 1 aliphatic heterocycles. The van der Waals surface area contributed by atoms with Crippen molar-refractivity contribution in [2.75, 3.05) is 13.1 Å². The van der Waals surface area contributed by atoms with Gasteiger partial charge in [-0.25, -0.2) is 0 Å². The van der Waals surface area contributed by atoms with Crippen molar-refractivity contribution in [3.05, 3.63) is 34.9 Å². The van der Waals surface area contributed by atoms with Crippen molar-refractivity contribution in [2.24, 2.45) is 5.92 Å². The van der Waals surface area contributed by atoms with Crippen LogP contribution in [0.25, 0.3) is 0 Å². The molecule has 0 aromatic heterocycles. The summed E-state index contributed by atoms with van der Waals surface area (Å²) in [5.41, 5.74) is 1.34. The average Bonchev–Trinajstić information content (AvgIpc) is 2.40. The van der Waals surface area contributed by atoms with Gasteiger partial charge in [0.1, 0.15) is 0 Å². The highest BCUT2D eigenvalue weighted by atomic mass is 35.5. The van der Waals surface area contributed by atoms with E-state index in [2.05, 4.69) is 17.0 Å². The van der Waals surface area contributed by atoms with Gasteiger partial charge in [0.05, 0.1) is 6.10 Å². The molecule has 0 amide bonds. The number of hydrogen-bond acceptors (Lipinski definition) is 2. The molecule has 3 heteroatoms. The van der Waals surface area contributed by atoms with E-state index in [-0.39, 0.29) is 6.10 Å². The molecule has 19 heavy (non-hydrogen) atoms. The van der Waals surface area contributed by atoms with Crippen LogP contribution < -0.4 is 0 Å². The van der Waals surface area contributed by atoms with Gasteiger partial charge in [-0.3, -0.25) is 4.90 Å². The molecule has 0 aliphatic carbocycles. The minimum Gasteiger partial charge on any atom is -0.393 e. The third kappa shape index (κ3) is 5.13. The first-order valence-electron chi connectivity index (χ1n) is 7.28. The number of halogens is 1. The number of hydrogen-bond donors (Lipinski definition) is 1. The molecule has 0 bridgehead atoms. The lowest BCUT2D eigenvalue weighted by Crippen LogP contribution is -2.33. The molecule has 1 aromatic carbocycles. The van der Waals surface area contributed by atoms with Crippen molar-refractivity contribution in [3.63, 3.8) is 0 Å². The maximum Gasteiger partial charge on any atom is 0.0512 e. The smallest absolute Gasteiger partial charge is 0.0512 e. The summed E-state index contributed by atoms with van der Waals surface area (Å²) in [6, 6.07) is 8.16. The Balaban J connectivity index is 1.72. The summed E-state index contributed by atoms with van der Waals surface area (Å²) in [7, 11) is 0. The van der Waals surface area contributed by atoms with Gasteiger partial charge in [0.2, 0.25) is 0 Å². The lowest BCUT2D eigenvalue weighted by Gasteiger charge is -2.32. The van der Waals surface area contributed by atoms with E-state index in [4.69, 9.17) is 11.6 Å². The second-order valence-electron chi connectivity index (χ2n) is 5.77. The summed E-state index contributed by atoms with van der Waals surface area (Å²) in [6.45, 7) is 5.26.